The van der Waals surface area contributed by atoms with Crippen LogP contribution < -0.4 is 11.1 Å². The molecule has 0 spiro atoms. The highest BCUT2D eigenvalue weighted by Gasteiger charge is 2.18. The standard InChI is InChI=1S/C11H14BrClN2O2/c1-2-9(15-10(16)5-14)7-3-6(12)4-8(13)11(7)17/h3-4,9,17H,2,5,14H2,1H3,(H,15,16). The third-order valence-corrected chi connectivity index (χ3v) is 3.11. The Hall–Kier alpha value is -0.780. The van der Waals surface area contributed by atoms with Gasteiger partial charge in [-0.05, 0) is 18.6 Å². The van der Waals surface area contributed by atoms with Gasteiger partial charge in [-0.2, -0.15) is 0 Å². The fraction of sp³-hybridized carbons (Fsp3) is 0.364. The maximum atomic E-state index is 11.3. The number of nitrogens with one attached hydrogen (secondary N) is 1. The van der Waals surface area contributed by atoms with Crippen molar-refractivity contribution < 1.29 is 9.90 Å². The second-order valence-corrected chi connectivity index (χ2v) is 4.88. The number of hydrogen-bond donors (Lipinski definition) is 3. The van der Waals surface area contributed by atoms with Crippen molar-refractivity contribution in [1.82, 2.24) is 5.32 Å². The second-order valence-electron chi connectivity index (χ2n) is 3.56. The fourth-order valence-electron chi connectivity index (χ4n) is 1.50. The third-order valence-electron chi connectivity index (χ3n) is 2.36. The summed E-state index contributed by atoms with van der Waals surface area (Å²) >= 11 is 9.17. The molecule has 0 aliphatic carbocycles. The number of carbonyl (C=O) groups is 1. The van der Waals surface area contributed by atoms with Crippen molar-refractivity contribution in [2.24, 2.45) is 5.73 Å². The van der Waals surface area contributed by atoms with Crippen molar-refractivity contribution in [1.29, 1.82) is 0 Å². The molecule has 0 saturated carbocycles. The van der Waals surface area contributed by atoms with Crippen LogP contribution in [0.5, 0.6) is 5.75 Å². The van der Waals surface area contributed by atoms with Crippen LogP contribution in [0.15, 0.2) is 16.6 Å². The summed E-state index contributed by atoms with van der Waals surface area (Å²) in [5.41, 5.74) is 5.82. The average Bonchev–Trinajstić information content (AvgIpc) is 2.30. The Kier molecular flexibility index (Phi) is 5.24. The molecule has 0 saturated heterocycles. The fourth-order valence-corrected chi connectivity index (χ4v) is 2.34. The number of amides is 1. The van der Waals surface area contributed by atoms with E-state index < -0.39 is 0 Å². The molecule has 0 aliphatic rings. The zero-order valence-electron chi connectivity index (χ0n) is 9.34. The molecular weight excluding hydrogens is 307 g/mol. The lowest BCUT2D eigenvalue weighted by Crippen LogP contribution is -2.33. The zero-order chi connectivity index (χ0) is 13.0. The normalized spacial score (nSPS) is 12.2. The minimum Gasteiger partial charge on any atom is -0.506 e. The number of hydrogen-bond acceptors (Lipinski definition) is 3. The number of rotatable bonds is 4. The van der Waals surface area contributed by atoms with E-state index in [0.29, 0.717) is 12.0 Å². The van der Waals surface area contributed by atoms with Crippen molar-refractivity contribution in [2.45, 2.75) is 19.4 Å². The van der Waals surface area contributed by atoms with Gasteiger partial charge in [0.1, 0.15) is 5.75 Å². The Morgan fingerprint density at radius 3 is 2.82 bits per heavy atom. The number of benzene rings is 1. The quantitative estimate of drug-likeness (QED) is 0.796. The molecule has 4 N–H and O–H groups in total. The van der Waals surface area contributed by atoms with Crippen molar-refractivity contribution >= 4 is 33.4 Å². The van der Waals surface area contributed by atoms with Gasteiger partial charge in [0, 0.05) is 10.0 Å². The average molecular weight is 322 g/mol. The van der Waals surface area contributed by atoms with E-state index in [9.17, 15) is 9.90 Å². The van der Waals surface area contributed by atoms with Crippen molar-refractivity contribution in [3.05, 3.63) is 27.2 Å². The van der Waals surface area contributed by atoms with E-state index in [4.69, 9.17) is 17.3 Å². The third kappa shape index (κ3) is 3.59. The Balaban J connectivity index is 3.07. The lowest BCUT2D eigenvalue weighted by Gasteiger charge is -2.19. The van der Waals surface area contributed by atoms with Gasteiger partial charge >= 0.3 is 0 Å². The summed E-state index contributed by atoms with van der Waals surface area (Å²) in [5.74, 6) is -0.286. The summed E-state index contributed by atoms with van der Waals surface area (Å²) in [4.78, 5) is 11.3. The Bertz CT molecular complexity index is 426. The van der Waals surface area contributed by atoms with E-state index in [1.807, 2.05) is 6.92 Å². The van der Waals surface area contributed by atoms with E-state index in [0.717, 1.165) is 4.47 Å². The molecule has 4 nitrogen and oxygen atoms in total. The highest BCUT2D eigenvalue weighted by molar-refractivity contribution is 9.10. The maximum absolute atomic E-state index is 11.3. The number of nitrogens with two attached hydrogens (primary N) is 1. The van der Waals surface area contributed by atoms with Gasteiger partial charge in [0.15, 0.2) is 0 Å². The monoisotopic (exact) mass is 320 g/mol. The smallest absolute Gasteiger partial charge is 0.234 e. The largest absolute Gasteiger partial charge is 0.506 e. The molecule has 1 unspecified atom stereocenters. The van der Waals surface area contributed by atoms with E-state index in [-0.39, 0.29) is 29.3 Å². The first-order chi connectivity index (χ1) is 7.99. The Morgan fingerprint density at radius 2 is 2.29 bits per heavy atom. The second kappa shape index (κ2) is 6.23. The Labute approximate surface area is 113 Å². The molecule has 0 heterocycles. The molecule has 1 aromatic carbocycles. The lowest BCUT2D eigenvalue weighted by molar-refractivity contribution is -0.120. The molecule has 1 rings (SSSR count). The van der Waals surface area contributed by atoms with Gasteiger partial charge < -0.3 is 16.2 Å². The minimum atomic E-state index is -0.305. The van der Waals surface area contributed by atoms with Crippen LogP contribution in [0, 0.1) is 0 Å². The van der Waals surface area contributed by atoms with Crippen LogP contribution in [0.4, 0.5) is 0 Å². The SMILES string of the molecule is CCC(NC(=O)CN)c1cc(Br)cc(Cl)c1O. The molecule has 6 heteroatoms. The van der Waals surface area contributed by atoms with Crippen LogP contribution in [-0.4, -0.2) is 17.6 Å². The molecule has 0 fully saturated rings. The van der Waals surface area contributed by atoms with Gasteiger partial charge in [0.25, 0.3) is 0 Å². The molecule has 0 bridgehead atoms. The van der Waals surface area contributed by atoms with Gasteiger partial charge in [-0.15, -0.1) is 0 Å². The molecule has 17 heavy (non-hydrogen) atoms. The molecule has 0 radical (unpaired) electrons. The van der Waals surface area contributed by atoms with E-state index in [1.165, 1.54) is 0 Å². The van der Waals surface area contributed by atoms with E-state index in [1.54, 1.807) is 12.1 Å². The molecule has 0 aliphatic heterocycles. The van der Waals surface area contributed by atoms with Gasteiger partial charge in [-0.1, -0.05) is 34.5 Å². The van der Waals surface area contributed by atoms with Gasteiger partial charge in [-0.3, -0.25) is 4.79 Å². The van der Waals surface area contributed by atoms with Crippen molar-refractivity contribution in [3.63, 3.8) is 0 Å². The van der Waals surface area contributed by atoms with Crippen molar-refractivity contribution in [3.8, 4) is 5.75 Å². The van der Waals surface area contributed by atoms with Gasteiger partial charge in [0.2, 0.25) is 5.91 Å². The van der Waals surface area contributed by atoms with Crippen LogP contribution in [0.25, 0.3) is 0 Å². The predicted molar refractivity (Wildman–Crippen MR) is 71.0 cm³/mol. The van der Waals surface area contributed by atoms with Crippen LogP contribution >= 0.6 is 27.5 Å². The first-order valence-corrected chi connectivity index (χ1v) is 6.34. The summed E-state index contributed by atoms with van der Waals surface area (Å²) in [6.07, 6.45) is 0.631. The van der Waals surface area contributed by atoms with Gasteiger partial charge in [0.05, 0.1) is 17.6 Å². The van der Waals surface area contributed by atoms with E-state index >= 15 is 0 Å². The predicted octanol–water partition coefficient (Wildman–Crippen LogP) is 2.33. The maximum Gasteiger partial charge on any atom is 0.234 e. The lowest BCUT2D eigenvalue weighted by atomic mass is 10.0. The number of aromatic hydroxyl groups is 1. The highest BCUT2D eigenvalue weighted by atomic mass is 79.9. The molecule has 1 amide bonds. The summed E-state index contributed by atoms with van der Waals surface area (Å²) in [6.45, 7) is 1.81. The number of phenolic OH excluding ortho intramolecular Hbond substituents is 1. The molecule has 1 aromatic rings. The van der Waals surface area contributed by atoms with Gasteiger partial charge in [-0.25, -0.2) is 0 Å². The van der Waals surface area contributed by atoms with Crippen LogP contribution in [0.1, 0.15) is 24.9 Å². The first-order valence-electron chi connectivity index (χ1n) is 5.16. The molecular formula is C11H14BrClN2O2. The van der Waals surface area contributed by atoms with Crippen LogP contribution in [0.3, 0.4) is 0 Å². The van der Waals surface area contributed by atoms with E-state index in [2.05, 4.69) is 21.2 Å². The summed E-state index contributed by atoms with van der Waals surface area (Å²) < 4.78 is 0.746. The topological polar surface area (TPSA) is 75.4 Å². The number of halogens is 2. The molecule has 1 atom stereocenters. The highest BCUT2D eigenvalue weighted by Crippen LogP contribution is 2.35. The summed E-state index contributed by atoms with van der Waals surface area (Å²) in [5, 5.41) is 12.8. The molecule has 94 valence electrons. The number of phenols is 1. The first kappa shape index (κ1) is 14.3. The van der Waals surface area contributed by atoms with Crippen molar-refractivity contribution in [2.75, 3.05) is 6.54 Å². The molecule has 0 aromatic heterocycles. The minimum absolute atomic E-state index is 0.0148. The zero-order valence-corrected chi connectivity index (χ0v) is 11.7. The number of carbonyl (C=O) groups excluding carboxylic acids is 1. The Morgan fingerprint density at radius 1 is 1.65 bits per heavy atom. The summed E-state index contributed by atoms with van der Waals surface area (Å²) in [7, 11) is 0. The summed E-state index contributed by atoms with van der Waals surface area (Å²) in [6, 6.07) is 3.02. The van der Waals surface area contributed by atoms with Crippen LogP contribution in [0.2, 0.25) is 5.02 Å². The van der Waals surface area contributed by atoms with Crippen LogP contribution in [-0.2, 0) is 4.79 Å².